The Morgan fingerprint density at radius 1 is 1.17 bits per heavy atom. The third-order valence-electron chi connectivity index (χ3n) is 4.02. The van der Waals surface area contributed by atoms with Crippen molar-refractivity contribution in [3.63, 3.8) is 0 Å². The average Bonchev–Trinajstić information content (AvgIpc) is 2.57. The number of hydrogen-bond acceptors (Lipinski definition) is 3. The summed E-state index contributed by atoms with van der Waals surface area (Å²) in [5.41, 5.74) is 8.66. The van der Waals surface area contributed by atoms with Gasteiger partial charge in [0.1, 0.15) is 0 Å². The van der Waals surface area contributed by atoms with Crippen molar-refractivity contribution in [1.82, 2.24) is 4.98 Å². The van der Waals surface area contributed by atoms with E-state index in [1.54, 1.807) is 12.4 Å². The molecule has 0 aliphatic rings. The molecule has 0 aliphatic carbocycles. The number of benzene rings is 2. The zero-order valence-electron chi connectivity index (χ0n) is 13.0. The van der Waals surface area contributed by atoms with Gasteiger partial charge < -0.3 is 11.1 Å². The largest absolute Gasteiger partial charge is 0.329 e. The van der Waals surface area contributed by atoms with E-state index in [0.717, 1.165) is 27.6 Å². The Morgan fingerprint density at radius 3 is 2.78 bits per heavy atom. The fourth-order valence-electron chi connectivity index (χ4n) is 2.74. The molecular weight excluding hydrogens is 286 g/mol. The topological polar surface area (TPSA) is 68.0 Å². The van der Waals surface area contributed by atoms with E-state index >= 15 is 0 Å². The van der Waals surface area contributed by atoms with Crippen LogP contribution in [0.25, 0.3) is 10.8 Å². The van der Waals surface area contributed by atoms with Gasteiger partial charge in [-0.05, 0) is 41.6 Å². The molecule has 4 nitrogen and oxygen atoms in total. The Morgan fingerprint density at radius 2 is 2.00 bits per heavy atom. The van der Waals surface area contributed by atoms with Crippen LogP contribution in [0.15, 0.2) is 60.9 Å². The van der Waals surface area contributed by atoms with Gasteiger partial charge in [0, 0.05) is 30.0 Å². The molecule has 0 aliphatic heterocycles. The van der Waals surface area contributed by atoms with Crippen molar-refractivity contribution in [3.05, 3.63) is 72.1 Å². The molecule has 3 N–H and O–H groups in total. The van der Waals surface area contributed by atoms with Crippen molar-refractivity contribution in [3.8, 4) is 0 Å². The minimum absolute atomic E-state index is 0.0878. The van der Waals surface area contributed by atoms with Gasteiger partial charge in [0.2, 0.25) is 5.91 Å². The SMILES string of the molecule is Cc1ccccc1C(CN)C(=O)Nc1ccc2cnccc2c1. The van der Waals surface area contributed by atoms with Crippen molar-refractivity contribution in [2.24, 2.45) is 5.73 Å². The predicted octanol–water partition coefficient (Wildman–Crippen LogP) is 3.22. The van der Waals surface area contributed by atoms with E-state index in [2.05, 4.69) is 10.3 Å². The van der Waals surface area contributed by atoms with E-state index in [1.807, 2.05) is 55.5 Å². The van der Waals surface area contributed by atoms with Crippen LogP contribution in [-0.4, -0.2) is 17.4 Å². The molecule has 2 aromatic carbocycles. The lowest BCUT2D eigenvalue weighted by molar-refractivity contribution is -0.117. The summed E-state index contributed by atoms with van der Waals surface area (Å²) in [5.74, 6) is -0.445. The molecule has 0 saturated heterocycles. The number of hydrogen-bond donors (Lipinski definition) is 2. The Kier molecular flexibility index (Phi) is 4.35. The number of nitrogens with two attached hydrogens (primary N) is 1. The molecule has 0 fully saturated rings. The second-order valence-electron chi connectivity index (χ2n) is 5.57. The molecule has 1 heterocycles. The van der Waals surface area contributed by atoms with Crippen LogP contribution in [0.1, 0.15) is 17.0 Å². The minimum atomic E-state index is -0.357. The number of anilines is 1. The molecule has 0 radical (unpaired) electrons. The molecular formula is C19H19N3O. The Bertz CT molecular complexity index is 845. The monoisotopic (exact) mass is 305 g/mol. The summed E-state index contributed by atoms with van der Waals surface area (Å²) in [7, 11) is 0. The number of nitrogens with one attached hydrogen (secondary N) is 1. The lowest BCUT2D eigenvalue weighted by Gasteiger charge is -2.17. The first-order valence-corrected chi connectivity index (χ1v) is 7.59. The summed E-state index contributed by atoms with van der Waals surface area (Å²) in [6.07, 6.45) is 3.54. The van der Waals surface area contributed by atoms with Crippen molar-refractivity contribution < 1.29 is 4.79 Å². The number of carbonyl (C=O) groups is 1. The lowest BCUT2D eigenvalue weighted by atomic mass is 9.94. The molecule has 3 rings (SSSR count). The van der Waals surface area contributed by atoms with Crippen LogP contribution in [0.3, 0.4) is 0 Å². The average molecular weight is 305 g/mol. The number of aryl methyl sites for hydroxylation is 1. The van der Waals surface area contributed by atoms with Gasteiger partial charge in [-0.3, -0.25) is 9.78 Å². The molecule has 0 bridgehead atoms. The highest BCUT2D eigenvalue weighted by molar-refractivity contribution is 5.98. The van der Waals surface area contributed by atoms with E-state index < -0.39 is 0 Å². The molecule has 1 atom stereocenters. The maximum Gasteiger partial charge on any atom is 0.233 e. The first-order valence-electron chi connectivity index (χ1n) is 7.59. The van der Waals surface area contributed by atoms with Crippen molar-refractivity contribution in [1.29, 1.82) is 0 Å². The summed E-state index contributed by atoms with van der Waals surface area (Å²) in [5, 5.41) is 5.05. The van der Waals surface area contributed by atoms with Crippen LogP contribution in [-0.2, 0) is 4.79 Å². The fourth-order valence-corrected chi connectivity index (χ4v) is 2.74. The highest BCUT2D eigenvalue weighted by atomic mass is 16.1. The number of carbonyl (C=O) groups excluding carboxylic acids is 1. The minimum Gasteiger partial charge on any atom is -0.329 e. The van der Waals surface area contributed by atoms with Crippen LogP contribution in [0.4, 0.5) is 5.69 Å². The van der Waals surface area contributed by atoms with Crippen LogP contribution < -0.4 is 11.1 Å². The smallest absolute Gasteiger partial charge is 0.233 e. The zero-order chi connectivity index (χ0) is 16.2. The normalized spacial score (nSPS) is 12.1. The molecule has 0 saturated carbocycles. The standard InChI is InChI=1S/C19H19N3O/c1-13-4-2-3-5-17(13)18(11-20)19(23)22-16-7-6-15-12-21-9-8-14(15)10-16/h2-10,12,18H,11,20H2,1H3,(H,22,23). The highest BCUT2D eigenvalue weighted by Crippen LogP contribution is 2.23. The second kappa shape index (κ2) is 6.58. The Balaban J connectivity index is 1.85. The van der Waals surface area contributed by atoms with Gasteiger partial charge in [-0.15, -0.1) is 0 Å². The summed E-state index contributed by atoms with van der Waals surface area (Å²) < 4.78 is 0. The van der Waals surface area contributed by atoms with Crippen molar-refractivity contribution in [2.45, 2.75) is 12.8 Å². The molecule has 0 spiro atoms. The van der Waals surface area contributed by atoms with Gasteiger partial charge >= 0.3 is 0 Å². The predicted molar refractivity (Wildman–Crippen MR) is 93.3 cm³/mol. The fraction of sp³-hybridized carbons (Fsp3) is 0.158. The summed E-state index contributed by atoms with van der Waals surface area (Å²) >= 11 is 0. The first kappa shape index (κ1) is 15.2. The highest BCUT2D eigenvalue weighted by Gasteiger charge is 2.20. The lowest BCUT2D eigenvalue weighted by Crippen LogP contribution is -2.28. The quantitative estimate of drug-likeness (QED) is 0.777. The van der Waals surface area contributed by atoms with Crippen LogP contribution >= 0.6 is 0 Å². The molecule has 1 unspecified atom stereocenters. The van der Waals surface area contributed by atoms with Crippen molar-refractivity contribution in [2.75, 3.05) is 11.9 Å². The first-order chi connectivity index (χ1) is 11.2. The number of pyridine rings is 1. The molecule has 23 heavy (non-hydrogen) atoms. The maximum absolute atomic E-state index is 12.6. The number of aromatic nitrogens is 1. The van der Waals surface area contributed by atoms with E-state index in [9.17, 15) is 4.79 Å². The molecule has 1 amide bonds. The number of rotatable bonds is 4. The van der Waals surface area contributed by atoms with Crippen LogP contribution in [0, 0.1) is 6.92 Å². The van der Waals surface area contributed by atoms with Crippen LogP contribution in [0.5, 0.6) is 0 Å². The number of amides is 1. The second-order valence-corrected chi connectivity index (χ2v) is 5.57. The summed E-state index contributed by atoms with van der Waals surface area (Å²) in [4.78, 5) is 16.7. The maximum atomic E-state index is 12.6. The Labute approximate surface area is 135 Å². The molecule has 4 heteroatoms. The molecule has 1 aromatic heterocycles. The summed E-state index contributed by atoms with van der Waals surface area (Å²) in [6, 6.07) is 15.5. The van der Waals surface area contributed by atoms with Crippen molar-refractivity contribution >= 4 is 22.4 Å². The van der Waals surface area contributed by atoms with E-state index in [4.69, 9.17) is 5.73 Å². The summed E-state index contributed by atoms with van der Waals surface area (Å²) in [6.45, 7) is 2.27. The van der Waals surface area contributed by atoms with Gasteiger partial charge in [0.15, 0.2) is 0 Å². The van der Waals surface area contributed by atoms with Crippen LogP contribution in [0.2, 0.25) is 0 Å². The third kappa shape index (κ3) is 3.22. The zero-order valence-corrected chi connectivity index (χ0v) is 13.0. The number of nitrogens with zero attached hydrogens (tertiary/aromatic N) is 1. The number of fused-ring (bicyclic) bond motifs is 1. The van der Waals surface area contributed by atoms with Gasteiger partial charge in [0.25, 0.3) is 0 Å². The van der Waals surface area contributed by atoms with Gasteiger partial charge in [-0.1, -0.05) is 30.3 Å². The third-order valence-corrected chi connectivity index (χ3v) is 4.02. The molecule has 3 aromatic rings. The van der Waals surface area contributed by atoms with E-state index in [1.165, 1.54) is 0 Å². The van der Waals surface area contributed by atoms with Gasteiger partial charge in [-0.2, -0.15) is 0 Å². The van der Waals surface area contributed by atoms with Gasteiger partial charge in [0.05, 0.1) is 5.92 Å². The van der Waals surface area contributed by atoms with E-state index in [-0.39, 0.29) is 18.4 Å². The molecule has 116 valence electrons. The van der Waals surface area contributed by atoms with E-state index in [0.29, 0.717) is 0 Å². The Hall–Kier alpha value is -2.72. The van der Waals surface area contributed by atoms with Gasteiger partial charge in [-0.25, -0.2) is 0 Å².